The second-order valence-corrected chi connectivity index (χ2v) is 5.06. The molecule has 3 rings (SSSR count). The predicted octanol–water partition coefficient (Wildman–Crippen LogP) is 2.97. The lowest BCUT2D eigenvalue weighted by Crippen LogP contribution is -2.15. The fraction of sp³-hybridized carbons (Fsp3) is 0.118. The second-order valence-electron chi connectivity index (χ2n) is 5.06. The van der Waals surface area contributed by atoms with Crippen LogP contribution in [0, 0.1) is 10.1 Å². The number of rotatable bonds is 4. The average molecular weight is 327 g/mol. The molecule has 0 fully saturated rings. The fourth-order valence-electron chi connectivity index (χ4n) is 2.25. The number of allylic oxidation sites excluding steroid dienone is 1. The largest absolute Gasteiger partial charge is 0.502 e. The minimum absolute atomic E-state index is 0.119. The third-order valence-electron chi connectivity index (χ3n) is 3.45. The smallest absolute Gasteiger partial charge is 0.311 e. The van der Waals surface area contributed by atoms with Crippen molar-refractivity contribution >= 4 is 17.5 Å². The molecule has 0 aromatic heterocycles. The molecule has 1 aliphatic rings. The van der Waals surface area contributed by atoms with Crippen molar-refractivity contribution in [2.75, 3.05) is 13.2 Å². The van der Waals surface area contributed by atoms with E-state index in [0.29, 0.717) is 24.7 Å². The number of nitro benzene ring substituents is 1. The number of nitro groups is 1. The van der Waals surface area contributed by atoms with Gasteiger partial charge in [0.15, 0.2) is 23.0 Å². The summed E-state index contributed by atoms with van der Waals surface area (Å²) < 4.78 is 10.9. The van der Waals surface area contributed by atoms with Gasteiger partial charge in [-0.25, -0.2) is 0 Å². The van der Waals surface area contributed by atoms with Gasteiger partial charge in [0.25, 0.3) is 0 Å². The molecule has 0 atom stereocenters. The summed E-state index contributed by atoms with van der Waals surface area (Å²) in [6.45, 7) is 0.969. The van der Waals surface area contributed by atoms with Gasteiger partial charge in [-0.1, -0.05) is 12.1 Å². The van der Waals surface area contributed by atoms with E-state index >= 15 is 0 Å². The lowest BCUT2D eigenvalue weighted by atomic mass is 10.1. The summed E-state index contributed by atoms with van der Waals surface area (Å²) in [6.07, 6.45) is 2.89. The summed E-state index contributed by atoms with van der Waals surface area (Å²) in [5.74, 6) is 0.371. The number of ketones is 1. The molecule has 0 amide bonds. The topological polar surface area (TPSA) is 98.9 Å². The zero-order chi connectivity index (χ0) is 17.1. The Balaban J connectivity index is 1.80. The van der Waals surface area contributed by atoms with Crippen LogP contribution in [0.5, 0.6) is 17.2 Å². The quantitative estimate of drug-likeness (QED) is 0.401. The lowest BCUT2D eigenvalue weighted by Gasteiger charge is -2.18. The molecule has 0 radical (unpaired) electrons. The van der Waals surface area contributed by atoms with Gasteiger partial charge in [-0.05, 0) is 35.9 Å². The third-order valence-corrected chi connectivity index (χ3v) is 3.45. The minimum atomic E-state index is -0.739. The Morgan fingerprint density at radius 1 is 1.12 bits per heavy atom. The maximum absolute atomic E-state index is 12.1. The molecule has 7 nitrogen and oxygen atoms in total. The lowest BCUT2D eigenvalue weighted by molar-refractivity contribution is -0.385. The van der Waals surface area contributed by atoms with Crippen molar-refractivity contribution in [2.45, 2.75) is 0 Å². The molecule has 1 heterocycles. The van der Waals surface area contributed by atoms with Crippen LogP contribution in [0.2, 0.25) is 0 Å². The Morgan fingerprint density at radius 3 is 2.62 bits per heavy atom. The van der Waals surface area contributed by atoms with Crippen LogP contribution in [0.15, 0.2) is 42.5 Å². The second kappa shape index (κ2) is 6.41. The highest BCUT2D eigenvalue weighted by molar-refractivity contribution is 6.07. The van der Waals surface area contributed by atoms with Crippen molar-refractivity contribution in [3.63, 3.8) is 0 Å². The predicted molar refractivity (Wildman–Crippen MR) is 85.6 cm³/mol. The Labute approximate surface area is 136 Å². The molecule has 1 N–H and O–H groups in total. The Bertz CT molecular complexity index is 843. The molecule has 2 aromatic carbocycles. The van der Waals surface area contributed by atoms with E-state index in [4.69, 9.17) is 9.47 Å². The molecule has 122 valence electrons. The van der Waals surface area contributed by atoms with Gasteiger partial charge >= 0.3 is 5.69 Å². The third kappa shape index (κ3) is 3.19. The SMILES string of the molecule is O=C(C=Cc1ccc2c(c1)OCCO2)c1ccc(O)c([N+](=O)[O-])c1. The highest BCUT2D eigenvalue weighted by Gasteiger charge is 2.16. The maximum Gasteiger partial charge on any atom is 0.311 e. The summed E-state index contributed by atoms with van der Waals surface area (Å²) in [5.41, 5.74) is 0.350. The van der Waals surface area contributed by atoms with Crippen LogP contribution >= 0.6 is 0 Å². The van der Waals surface area contributed by atoms with Gasteiger partial charge in [-0.3, -0.25) is 14.9 Å². The van der Waals surface area contributed by atoms with Crippen LogP contribution in [-0.2, 0) is 0 Å². The van der Waals surface area contributed by atoms with E-state index < -0.39 is 22.1 Å². The summed E-state index contributed by atoms with van der Waals surface area (Å²) in [4.78, 5) is 22.2. The summed E-state index contributed by atoms with van der Waals surface area (Å²) in [7, 11) is 0. The van der Waals surface area contributed by atoms with Crippen molar-refractivity contribution in [1.29, 1.82) is 0 Å². The number of benzene rings is 2. The number of carbonyl (C=O) groups is 1. The first-order valence-electron chi connectivity index (χ1n) is 7.14. The molecule has 7 heteroatoms. The molecular weight excluding hydrogens is 314 g/mol. The van der Waals surface area contributed by atoms with Crippen LogP contribution in [0.25, 0.3) is 6.08 Å². The van der Waals surface area contributed by atoms with Crippen LogP contribution in [0.4, 0.5) is 5.69 Å². The molecule has 0 unspecified atom stereocenters. The Morgan fingerprint density at radius 2 is 1.88 bits per heavy atom. The van der Waals surface area contributed by atoms with Gasteiger partial charge < -0.3 is 14.6 Å². The van der Waals surface area contributed by atoms with E-state index in [-0.39, 0.29) is 5.56 Å². The molecule has 0 bridgehead atoms. The standard InChI is InChI=1S/C17H13NO6/c19-14(12-3-5-15(20)13(10-12)18(21)22)4-1-11-2-6-16-17(9-11)24-8-7-23-16/h1-6,9-10,20H,7-8H2. The van der Waals surface area contributed by atoms with Gasteiger partial charge in [0.05, 0.1) is 4.92 Å². The van der Waals surface area contributed by atoms with E-state index in [1.807, 2.05) is 0 Å². The molecule has 0 saturated carbocycles. The number of carbonyl (C=O) groups excluding carboxylic acids is 1. The van der Waals surface area contributed by atoms with Gasteiger partial charge in [-0.2, -0.15) is 0 Å². The van der Waals surface area contributed by atoms with Gasteiger partial charge in [-0.15, -0.1) is 0 Å². The number of fused-ring (bicyclic) bond motifs is 1. The van der Waals surface area contributed by atoms with Gasteiger partial charge in [0.2, 0.25) is 0 Å². The summed E-state index contributed by atoms with van der Waals surface area (Å²) in [6, 6.07) is 8.78. The van der Waals surface area contributed by atoms with E-state index in [1.165, 1.54) is 12.1 Å². The van der Waals surface area contributed by atoms with E-state index in [2.05, 4.69) is 0 Å². The number of nitrogens with zero attached hydrogens (tertiary/aromatic N) is 1. The molecular formula is C17H13NO6. The number of phenolic OH excluding ortho intramolecular Hbond substituents is 1. The molecule has 0 spiro atoms. The van der Waals surface area contributed by atoms with Crippen LogP contribution < -0.4 is 9.47 Å². The Hall–Kier alpha value is -3.35. The van der Waals surface area contributed by atoms with Crippen molar-refractivity contribution in [1.82, 2.24) is 0 Å². The number of aromatic hydroxyl groups is 1. The first-order chi connectivity index (χ1) is 11.5. The summed E-state index contributed by atoms with van der Waals surface area (Å²) in [5, 5.41) is 20.2. The first-order valence-corrected chi connectivity index (χ1v) is 7.14. The van der Waals surface area contributed by atoms with Crippen LogP contribution in [0.1, 0.15) is 15.9 Å². The highest BCUT2D eigenvalue weighted by atomic mass is 16.6. The first kappa shape index (κ1) is 15.5. The zero-order valence-electron chi connectivity index (χ0n) is 12.5. The van der Waals surface area contributed by atoms with Crippen molar-refractivity contribution in [2.24, 2.45) is 0 Å². The van der Waals surface area contributed by atoms with Crippen LogP contribution in [0.3, 0.4) is 0 Å². The monoisotopic (exact) mass is 327 g/mol. The average Bonchev–Trinajstić information content (AvgIpc) is 2.59. The molecule has 1 aliphatic heterocycles. The Kier molecular flexibility index (Phi) is 4.15. The van der Waals surface area contributed by atoms with Gasteiger partial charge in [0, 0.05) is 11.6 Å². The number of ether oxygens (including phenoxy) is 2. The number of hydrogen-bond acceptors (Lipinski definition) is 6. The molecule has 2 aromatic rings. The van der Waals surface area contributed by atoms with Crippen molar-refractivity contribution in [3.05, 3.63) is 63.7 Å². The molecule has 0 aliphatic carbocycles. The number of hydrogen-bond donors (Lipinski definition) is 1. The fourth-order valence-corrected chi connectivity index (χ4v) is 2.25. The van der Waals surface area contributed by atoms with E-state index in [0.717, 1.165) is 17.7 Å². The zero-order valence-corrected chi connectivity index (χ0v) is 12.5. The molecule has 24 heavy (non-hydrogen) atoms. The number of phenols is 1. The van der Waals surface area contributed by atoms with Gasteiger partial charge in [0.1, 0.15) is 13.2 Å². The normalized spacial score (nSPS) is 13.0. The van der Waals surface area contributed by atoms with E-state index in [9.17, 15) is 20.0 Å². The minimum Gasteiger partial charge on any atom is -0.502 e. The van der Waals surface area contributed by atoms with E-state index in [1.54, 1.807) is 24.3 Å². The highest BCUT2D eigenvalue weighted by Crippen LogP contribution is 2.31. The summed E-state index contributed by atoms with van der Waals surface area (Å²) >= 11 is 0. The van der Waals surface area contributed by atoms with Crippen LogP contribution in [-0.4, -0.2) is 29.0 Å². The maximum atomic E-state index is 12.1. The molecule has 0 saturated heterocycles. The van der Waals surface area contributed by atoms with Crippen molar-refractivity contribution in [3.8, 4) is 17.2 Å². The van der Waals surface area contributed by atoms with Crippen molar-refractivity contribution < 1.29 is 24.3 Å².